The first kappa shape index (κ1) is 28.7. The van der Waals surface area contributed by atoms with Gasteiger partial charge in [-0.1, -0.05) is 27.7 Å². The molecule has 4 aliphatic rings. The number of aliphatic hydroxyl groups excluding tert-OH is 1. The molecule has 2 N–H and O–H groups in total. The molecule has 0 aliphatic heterocycles. The van der Waals surface area contributed by atoms with Crippen molar-refractivity contribution in [1.82, 2.24) is 5.32 Å². The van der Waals surface area contributed by atoms with Crippen LogP contribution in [0.3, 0.4) is 0 Å². The molecule has 0 amide bonds. The van der Waals surface area contributed by atoms with Crippen molar-refractivity contribution < 1.29 is 24.2 Å². The summed E-state index contributed by atoms with van der Waals surface area (Å²) in [6.45, 7) is 11.7. The van der Waals surface area contributed by atoms with Crippen LogP contribution in [0.4, 0.5) is 0 Å². The molecule has 4 aliphatic carbocycles. The summed E-state index contributed by atoms with van der Waals surface area (Å²) in [5, 5.41) is 15.0. The highest BCUT2D eigenvalue weighted by atomic mass is 35.5. The van der Waals surface area contributed by atoms with Crippen LogP contribution in [0.15, 0.2) is 0 Å². The summed E-state index contributed by atoms with van der Waals surface area (Å²) in [6, 6.07) is 0.320. The lowest BCUT2D eigenvalue weighted by molar-refractivity contribution is -0.188. The van der Waals surface area contributed by atoms with E-state index in [-0.39, 0.29) is 47.2 Å². The fourth-order valence-electron chi connectivity index (χ4n) is 9.07. The topological polar surface area (TPSA) is 84.9 Å². The molecule has 4 rings (SSSR count). The van der Waals surface area contributed by atoms with Crippen LogP contribution in [0.25, 0.3) is 0 Å². The number of carbonyl (C=O) groups is 2. The summed E-state index contributed by atoms with van der Waals surface area (Å²) in [7, 11) is 1.53. The van der Waals surface area contributed by atoms with Gasteiger partial charge in [0.05, 0.1) is 19.1 Å². The molecular weight excluding hydrogens is 466 g/mol. The Labute approximate surface area is 218 Å². The minimum absolute atomic E-state index is 0. The normalized spacial score (nSPS) is 44.5. The Morgan fingerprint density at radius 1 is 1.09 bits per heavy atom. The number of nitrogens with one attached hydrogen (secondary N) is 1. The van der Waals surface area contributed by atoms with Crippen molar-refractivity contribution in [2.75, 3.05) is 13.7 Å². The van der Waals surface area contributed by atoms with Gasteiger partial charge in [0.2, 0.25) is 0 Å². The predicted molar refractivity (Wildman–Crippen MR) is 138 cm³/mol. The monoisotopic (exact) mass is 513 g/mol. The Kier molecular flexibility index (Phi) is 8.92. The molecule has 6 nitrogen and oxygen atoms in total. The number of hydrogen-bond donors (Lipinski definition) is 2. The van der Waals surface area contributed by atoms with Crippen molar-refractivity contribution in [3.63, 3.8) is 0 Å². The zero-order valence-corrected chi connectivity index (χ0v) is 23.4. The van der Waals surface area contributed by atoms with Gasteiger partial charge < -0.3 is 19.9 Å². The molecule has 35 heavy (non-hydrogen) atoms. The lowest BCUT2D eigenvalue weighted by Crippen LogP contribution is -2.64. The first-order valence-electron chi connectivity index (χ1n) is 13.7. The maximum Gasteiger partial charge on any atom is 0.309 e. The molecule has 0 aromatic heterocycles. The third-order valence-electron chi connectivity index (χ3n) is 10.5. The van der Waals surface area contributed by atoms with Gasteiger partial charge in [0.25, 0.3) is 0 Å². The van der Waals surface area contributed by atoms with Gasteiger partial charge in [0.1, 0.15) is 6.10 Å². The lowest BCUT2D eigenvalue weighted by Gasteiger charge is -2.64. The number of halogens is 1. The number of methoxy groups -OCH3 is 1. The molecule has 10 atom stereocenters. The second-order valence-electron chi connectivity index (χ2n) is 12.8. The first-order chi connectivity index (χ1) is 16.0. The smallest absolute Gasteiger partial charge is 0.309 e. The van der Waals surface area contributed by atoms with Crippen LogP contribution >= 0.6 is 12.4 Å². The van der Waals surface area contributed by atoms with Crippen molar-refractivity contribution in [2.24, 2.45) is 46.3 Å². The summed E-state index contributed by atoms with van der Waals surface area (Å²) < 4.78 is 10.8. The number of rotatable bonds is 6. The Morgan fingerprint density at radius 3 is 2.43 bits per heavy atom. The number of fused-ring (bicyclic) bond motifs is 5. The van der Waals surface area contributed by atoms with Gasteiger partial charge in [-0.3, -0.25) is 9.59 Å². The highest BCUT2D eigenvalue weighted by Gasteiger charge is 2.65. The van der Waals surface area contributed by atoms with Gasteiger partial charge in [-0.2, -0.15) is 0 Å². The van der Waals surface area contributed by atoms with Gasteiger partial charge in [0, 0.05) is 13.0 Å². The van der Waals surface area contributed by atoms with Crippen molar-refractivity contribution in [3.05, 3.63) is 0 Å². The van der Waals surface area contributed by atoms with Gasteiger partial charge in [-0.05, 0) is 98.3 Å². The summed E-state index contributed by atoms with van der Waals surface area (Å²) in [5.74, 6) is 2.24. The van der Waals surface area contributed by atoms with E-state index in [9.17, 15) is 14.7 Å². The van der Waals surface area contributed by atoms with Crippen molar-refractivity contribution in [1.29, 1.82) is 0 Å². The number of carbonyl (C=O) groups excluding carboxylic acids is 2. The van der Waals surface area contributed by atoms with Crippen molar-refractivity contribution >= 4 is 24.3 Å². The summed E-state index contributed by atoms with van der Waals surface area (Å²) in [5.41, 5.74) is -0.0420. The molecule has 0 aromatic rings. The average molecular weight is 514 g/mol. The summed E-state index contributed by atoms with van der Waals surface area (Å²) in [4.78, 5) is 24.4. The largest absolute Gasteiger partial charge is 0.469 e. The molecule has 0 saturated heterocycles. The van der Waals surface area contributed by atoms with Crippen LogP contribution in [-0.2, 0) is 19.1 Å². The number of esters is 2. The molecular formula is C28H48ClNO5. The second kappa shape index (κ2) is 10.9. The van der Waals surface area contributed by atoms with Crippen molar-refractivity contribution in [3.8, 4) is 0 Å². The third kappa shape index (κ3) is 5.13. The molecule has 4 fully saturated rings. The van der Waals surface area contributed by atoms with Crippen LogP contribution in [0.2, 0.25) is 0 Å². The van der Waals surface area contributed by atoms with Crippen LogP contribution in [0.5, 0.6) is 0 Å². The quantitative estimate of drug-likeness (QED) is 0.498. The fourth-order valence-corrected chi connectivity index (χ4v) is 9.07. The standard InChI is InChI=1S/C28H47NO5.ClH/c1-16(2)11-12-29-22-14-28(5)20(9-10-21(28)26(32)33-6)19-8-7-18-13-24(34-17(3)30)23(31)15-27(18,4)25(19)22;/h16,18-25,29,31H,7-15H2,1-6H3;1H/t18?,19-,20-,21?,22?,23?,24?,25-,27-,28-;/m0./s1. The van der Waals surface area contributed by atoms with Gasteiger partial charge in [-0.15, -0.1) is 12.4 Å². The lowest BCUT2D eigenvalue weighted by atomic mass is 9.43. The number of aliphatic hydroxyl groups is 1. The molecule has 0 spiro atoms. The third-order valence-corrected chi connectivity index (χ3v) is 10.5. The van der Waals surface area contributed by atoms with Gasteiger partial charge in [0.15, 0.2) is 0 Å². The molecule has 0 radical (unpaired) electrons. The Bertz CT molecular complexity index is 776. The maximum atomic E-state index is 12.8. The van der Waals surface area contributed by atoms with E-state index in [1.165, 1.54) is 14.0 Å². The average Bonchev–Trinajstić information content (AvgIpc) is 3.09. The van der Waals surface area contributed by atoms with E-state index >= 15 is 0 Å². The van der Waals surface area contributed by atoms with Crippen LogP contribution in [-0.4, -0.2) is 48.9 Å². The van der Waals surface area contributed by atoms with Crippen molar-refractivity contribution in [2.45, 2.75) is 104 Å². The maximum absolute atomic E-state index is 12.8. The zero-order valence-electron chi connectivity index (χ0n) is 22.5. The fraction of sp³-hybridized carbons (Fsp3) is 0.929. The molecule has 0 bridgehead atoms. The molecule has 202 valence electrons. The van der Waals surface area contributed by atoms with E-state index in [1.54, 1.807) is 0 Å². The SMILES string of the molecule is COC(=O)C1CC[C@H]2[C@@H]3CCC4CC(OC(C)=O)C(O)C[C@]4(C)[C@@H]3C(NCCC(C)C)C[C@]12C.Cl. The number of hydrogen-bond acceptors (Lipinski definition) is 6. The predicted octanol–water partition coefficient (Wildman–Crippen LogP) is 4.76. The van der Waals surface area contributed by atoms with Gasteiger partial charge >= 0.3 is 11.9 Å². The highest BCUT2D eigenvalue weighted by Crippen LogP contribution is 2.67. The minimum Gasteiger partial charge on any atom is -0.469 e. The Hall–Kier alpha value is -0.850. The van der Waals surface area contributed by atoms with Crippen LogP contribution < -0.4 is 5.32 Å². The second-order valence-corrected chi connectivity index (χ2v) is 12.8. The van der Waals surface area contributed by atoms with Gasteiger partial charge in [-0.25, -0.2) is 0 Å². The van der Waals surface area contributed by atoms with E-state index in [1.807, 2.05) is 0 Å². The Balaban J connectivity index is 0.00000342. The summed E-state index contributed by atoms with van der Waals surface area (Å²) >= 11 is 0. The van der Waals surface area contributed by atoms with Crippen LogP contribution in [0.1, 0.15) is 86.0 Å². The Morgan fingerprint density at radius 2 is 1.80 bits per heavy atom. The molecule has 0 heterocycles. The molecule has 4 saturated carbocycles. The molecule has 5 unspecified atom stereocenters. The van der Waals surface area contributed by atoms with E-state index < -0.39 is 6.10 Å². The molecule has 0 aromatic carbocycles. The van der Waals surface area contributed by atoms with E-state index in [2.05, 4.69) is 33.0 Å². The van der Waals surface area contributed by atoms with E-state index in [0.717, 1.165) is 51.5 Å². The van der Waals surface area contributed by atoms with E-state index in [4.69, 9.17) is 9.47 Å². The molecule has 7 heteroatoms. The minimum atomic E-state index is -0.611. The number of ether oxygens (including phenoxy) is 2. The summed E-state index contributed by atoms with van der Waals surface area (Å²) in [6.07, 6.45) is 6.84. The first-order valence-corrected chi connectivity index (χ1v) is 13.7. The van der Waals surface area contributed by atoms with E-state index in [0.29, 0.717) is 42.1 Å². The highest BCUT2D eigenvalue weighted by molar-refractivity contribution is 5.85. The van der Waals surface area contributed by atoms with Crippen LogP contribution in [0, 0.1) is 46.3 Å². The zero-order chi connectivity index (χ0) is 24.8.